The van der Waals surface area contributed by atoms with E-state index in [0.717, 1.165) is 9.80 Å². The van der Waals surface area contributed by atoms with Crippen molar-refractivity contribution in [2.45, 2.75) is 12.1 Å². The SMILES string of the molecule is O=C1C2[C@@H]3C(=C(CO)N2C(=O)O)OCN(C(=O)O)[C@H]13. The van der Waals surface area contributed by atoms with E-state index in [2.05, 4.69) is 0 Å². The van der Waals surface area contributed by atoms with E-state index in [9.17, 15) is 19.5 Å². The molecule has 1 unspecified atom stereocenters. The summed E-state index contributed by atoms with van der Waals surface area (Å²) >= 11 is 0. The van der Waals surface area contributed by atoms with Crippen LogP contribution in [0, 0.1) is 5.92 Å². The zero-order chi connectivity index (χ0) is 13.9. The third-order valence-corrected chi connectivity index (χ3v) is 3.72. The molecule has 3 aliphatic rings. The van der Waals surface area contributed by atoms with Gasteiger partial charge in [-0.3, -0.25) is 14.6 Å². The van der Waals surface area contributed by atoms with Crippen molar-refractivity contribution >= 4 is 18.0 Å². The molecular weight excluding hydrogens is 260 g/mol. The fraction of sp³-hybridized carbons (Fsp3) is 0.500. The molecule has 3 atom stereocenters. The summed E-state index contributed by atoms with van der Waals surface area (Å²) in [5.41, 5.74) is 0.0170. The van der Waals surface area contributed by atoms with Gasteiger partial charge in [-0.25, -0.2) is 9.59 Å². The Morgan fingerprint density at radius 1 is 1.26 bits per heavy atom. The van der Waals surface area contributed by atoms with Crippen molar-refractivity contribution in [2.24, 2.45) is 5.92 Å². The van der Waals surface area contributed by atoms with Crippen LogP contribution in [0.25, 0.3) is 0 Å². The highest BCUT2D eigenvalue weighted by atomic mass is 16.5. The number of carbonyl (C=O) groups is 3. The van der Waals surface area contributed by atoms with E-state index in [1.165, 1.54) is 0 Å². The lowest BCUT2D eigenvalue weighted by Crippen LogP contribution is -2.70. The summed E-state index contributed by atoms with van der Waals surface area (Å²) in [5.74, 6) is -0.924. The predicted molar refractivity (Wildman–Crippen MR) is 55.9 cm³/mol. The van der Waals surface area contributed by atoms with Gasteiger partial charge in [-0.15, -0.1) is 0 Å². The first-order valence-electron chi connectivity index (χ1n) is 5.51. The molecule has 2 heterocycles. The van der Waals surface area contributed by atoms with E-state index in [1.807, 2.05) is 0 Å². The molecule has 1 aliphatic carbocycles. The van der Waals surface area contributed by atoms with Gasteiger partial charge in [0.2, 0.25) is 0 Å². The summed E-state index contributed by atoms with van der Waals surface area (Å²) in [7, 11) is 0. The van der Waals surface area contributed by atoms with Gasteiger partial charge < -0.3 is 20.1 Å². The summed E-state index contributed by atoms with van der Waals surface area (Å²) in [6.07, 6.45) is -2.66. The summed E-state index contributed by atoms with van der Waals surface area (Å²) in [6, 6.07) is -1.90. The minimum absolute atomic E-state index is 0.0170. The highest BCUT2D eigenvalue weighted by Crippen LogP contribution is 2.49. The molecule has 0 aromatic heterocycles. The highest BCUT2D eigenvalue weighted by molar-refractivity contribution is 6.02. The van der Waals surface area contributed by atoms with Gasteiger partial charge in [0.05, 0.1) is 18.2 Å². The van der Waals surface area contributed by atoms with Crippen molar-refractivity contribution < 1.29 is 34.4 Å². The minimum Gasteiger partial charge on any atom is -0.475 e. The van der Waals surface area contributed by atoms with E-state index < -0.39 is 42.6 Å². The van der Waals surface area contributed by atoms with Gasteiger partial charge in [-0.05, 0) is 0 Å². The summed E-state index contributed by atoms with van der Waals surface area (Å²) < 4.78 is 5.22. The van der Waals surface area contributed by atoms with Crippen molar-refractivity contribution in [3.05, 3.63) is 11.5 Å². The van der Waals surface area contributed by atoms with Gasteiger partial charge in [0.1, 0.15) is 17.8 Å². The number of carbonyl (C=O) groups excluding carboxylic acids is 1. The first-order chi connectivity index (χ1) is 8.99. The molecule has 0 aromatic rings. The molecule has 1 saturated carbocycles. The smallest absolute Gasteiger partial charge is 0.412 e. The Morgan fingerprint density at radius 2 is 1.95 bits per heavy atom. The molecule has 0 aromatic carbocycles. The second-order valence-corrected chi connectivity index (χ2v) is 4.47. The number of Topliss-reactive ketones (excluding diaryl/α,β-unsaturated/α-hetero) is 1. The van der Waals surface area contributed by atoms with Crippen LogP contribution in [0.1, 0.15) is 0 Å². The quantitative estimate of drug-likeness (QED) is 0.562. The van der Waals surface area contributed by atoms with Crippen molar-refractivity contribution in [1.29, 1.82) is 0 Å². The maximum Gasteiger partial charge on any atom is 0.412 e. The fourth-order valence-corrected chi connectivity index (χ4v) is 2.95. The first kappa shape index (κ1) is 11.8. The highest BCUT2D eigenvalue weighted by Gasteiger charge is 2.66. The number of rotatable bonds is 1. The van der Waals surface area contributed by atoms with Crippen LogP contribution in [-0.4, -0.2) is 68.5 Å². The predicted octanol–water partition coefficient (Wildman–Crippen LogP) is -0.912. The fourth-order valence-electron chi connectivity index (χ4n) is 2.95. The van der Waals surface area contributed by atoms with Crippen molar-refractivity contribution in [1.82, 2.24) is 9.80 Å². The molecule has 19 heavy (non-hydrogen) atoms. The van der Waals surface area contributed by atoms with Crippen LogP contribution in [0.5, 0.6) is 0 Å². The third-order valence-electron chi connectivity index (χ3n) is 3.72. The van der Waals surface area contributed by atoms with Crippen LogP contribution in [0.4, 0.5) is 9.59 Å². The maximum atomic E-state index is 12.0. The number of ketones is 1. The monoisotopic (exact) mass is 270 g/mol. The maximum absolute atomic E-state index is 12.0. The van der Waals surface area contributed by atoms with Crippen LogP contribution >= 0.6 is 0 Å². The van der Waals surface area contributed by atoms with E-state index >= 15 is 0 Å². The normalized spacial score (nSPS) is 31.8. The van der Waals surface area contributed by atoms with E-state index in [4.69, 9.17) is 14.9 Å². The number of amides is 2. The second-order valence-electron chi connectivity index (χ2n) is 4.47. The molecule has 9 nitrogen and oxygen atoms in total. The average Bonchev–Trinajstić information content (AvgIpc) is 2.69. The van der Waals surface area contributed by atoms with E-state index in [-0.39, 0.29) is 18.2 Å². The van der Waals surface area contributed by atoms with Gasteiger partial charge in [-0.2, -0.15) is 0 Å². The molecule has 2 amide bonds. The molecule has 0 bridgehead atoms. The number of hydrogen-bond acceptors (Lipinski definition) is 5. The molecular formula is C10H10N2O7. The van der Waals surface area contributed by atoms with Gasteiger partial charge in [0.15, 0.2) is 12.5 Å². The number of carboxylic acid groups (broad SMARTS) is 2. The number of hydrogen-bond donors (Lipinski definition) is 3. The molecule has 9 heteroatoms. The third kappa shape index (κ3) is 1.24. The number of nitrogens with zero attached hydrogens (tertiary/aromatic N) is 2. The summed E-state index contributed by atoms with van der Waals surface area (Å²) in [5, 5.41) is 27.3. The Labute approximate surface area is 106 Å². The first-order valence-corrected chi connectivity index (χ1v) is 5.51. The zero-order valence-corrected chi connectivity index (χ0v) is 9.52. The average molecular weight is 270 g/mol. The Kier molecular flexibility index (Phi) is 2.23. The topological polar surface area (TPSA) is 128 Å². The van der Waals surface area contributed by atoms with Crippen molar-refractivity contribution in [3.8, 4) is 0 Å². The molecule has 3 N–H and O–H groups in total. The van der Waals surface area contributed by atoms with E-state index in [1.54, 1.807) is 0 Å². The number of aliphatic hydroxyl groups excluding tert-OH is 1. The number of ether oxygens (including phenoxy) is 1. The Balaban J connectivity index is 2.02. The van der Waals surface area contributed by atoms with Crippen LogP contribution < -0.4 is 0 Å². The standard InChI is InChI=1S/C10H10N2O7/c13-1-3-8-4-5(11(2-19-8)9(15)16)7(14)6(4)12(3)10(17)18/h4-6,13H,1-2H2,(H,15,16)(H,17,18)/t4-,5+,6?/m1/s1. The molecule has 2 fully saturated rings. The van der Waals surface area contributed by atoms with Crippen LogP contribution in [-0.2, 0) is 9.53 Å². The molecule has 0 spiro atoms. The molecule has 3 rings (SSSR count). The molecule has 102 valence electrons. The minimum atomic E-state index is -1.37. The lowest BCUT2D eigenvalue weighted by atomic mass is 9.72. The van der Waals surface area contributed by atoms with Gasteiger partial charge >= 0.3 is 12.2 Å². The molecule has 2 aliphatic heterocycles. The van der Waals surface area contributed by atoms with Gasteiger partial charge in [-0.1, -0.05) is 0 Å². The zero-order valence-electron chi connectivity index (χ0n) is 9.52. The van der Waals surface area contributed by atoms with Gasteiger partial charge in [0, 0.05) is 0 Å². The van der Waals surface area contributed by atoms with Gasteiger partial charge in [0.25, 0.3) is 0 Å². The van der Waals surface area contributed by atoms with E-state index in [0.29, 0.717) is 0 Å². The Bertz CT molecular complexity index is 528. The number of aliphatic hydroxyl groups is 1. The second kappa shape index (κ2) is 3.60. The molecule has 1 saturated heterocycles. The summed E-state index contributed by atoms with van der Waals surface area (Å²) in [6.45, 7) is -0.928. The van der Waals surface area contributed by atoms with Crippen LogP contribution in [0.15, 0.2) is 11.5 Å². The van der Waals surface area contributed by atoms with Crippen molar-refractivity contribution in [2.75, 3.05) is 13.3 Å². The Morgan fingerprint density at radius 3 is 2.47 bits per heavy atom. The summed E-state index contributed by atoms with van der Waals surface area (Å²) in [4.78, 5) is 35.7. The lowest BCUT2D eigenvalue weighted by molar-refractivity contribution is -0.151. The Hall–Kier alpha value is -2.29. The van der Waals surface area contributed by atoms with Crippen LogP contribution in [0.3, 0.4) is 0 Å². The van der Waals surface area contributed by atoms with Crippen molar-refractivity contribution in [3.63, 3.8) is 0 Å². The van der Waals surface area contributed by atoms with Crippen LogP contribution in [0.2, 0.25) is 0 Å². The molecule has 0 radical (unpaired) electrons. The lowest BCUT2D eigenvalue weighted by Gasteiger charge is -2.48. The largest absolute Gasteiger partial charge is 0.475 e.